The van der Waals surface area contributed by atoms with Gasteiger partial charge in [-0.15, -0.1) is 11.8 Å². The van der Waals surface area contributed by atoms with Crippen molar-refractivity contribution in [2.24, 2.45) is 0 Å². The van der Waals surface area contributed by atoms with Crippen LogP contribution in [0.4, 0.5) is 4.39 Å². The molecule has 1 nitrogen and oxygen atoms in total. The highest BCUT2D eigenvalue weighted by Crippen LogP contribution is 2.58. The zero-order valence-electron chi connectivity index (χ0n) is 26.2. The van der Waals surface area contributed by atoms with E-state index in [0.717, 1.165) is 38.1 Å². The largest absolute Gasteiger partial charge is 0.472 e. The molecule has 0 fully saturated rings. The van der Waals surface area contributed by atoms with Gasteiger partial charge in [0.1, 0.15) is 11.6 Å². The van der Waals surface area contributed by atoms with Crippen LogP contribution in [0.3, 0.4) is 0 Å². The average molecular weight is 637 g/mol. The van der Waals surface area contributed by atoms with Crippen molar-refractivity contribution in [3.05, 3.63) is 161 Å². The average Bonchev–Trinajstić information content (AvgIpc) is 3.31. The molecule has 0 saturated heterocycles. The predicted molar refractivity (Wildman–Crippen MR) is 192 cm³/mol. The van der Waals surface area contributed by atoms with Gasteiger partial charge in [-0.05, 0) is 95.4 Å². The van der Waals surface area contributed by atoms with Gasteiger partial charge >= 0.3 is 0 Å². The Kier molecular flexibility index (Phi) is 6.93. The number of fused-ring (bicyclic) bond motifs is 8. The minimum Gasteiger partial charge on any atom is -0.472 e. The number of halogens is 1. The first-order valence-corrected chi connectivity index (χ1v) is 17.6. The summed E-state index contributed by atoms with van der Waals surface area (Å²) in [4.78, 5) is 3.54. The van der Waals surface area contributed by atoms with Crippen LogP contribution in [0.25, 0.3) is 28.0 Å². The van der Waals surface area contributed by atoms with E-state index in [4.69, 9.17) is 4.74 Å². The van der Waals surface area contributed by atoms with Crippen molar-refractivity contribution in [1.29, 1.82) is 0 Å². The molecule has 0 spiro atoms. The van der Waals surface area contributed by atoms with E-state index in [9.17, 15) is 0 Å². The fourth-order valence-electron chi connectivity index (χ4n) is 7.28. The molecule has 0 N–H and O–H groups in total. The van der Waals surface area contributed by atoms with E-state index in [1.165, 1.54) is 37.6 Å². The second-order valence-corrected chi connectivity index (χ2v) is 14.7. The van der Waals surface area contributed by atoms with Crippen LogP contribution in [0.2, 0.25) is 0 Å². The smallest absolute Gasteiger partial charge is 0.178 e. The Hall–Kier alpha value is -4.25. The molecular formula is C42H33FOS2. The molecule has 0 bridgehead atoms. The van der Waals surface area contributed by atoms with Gasteiger partial charge in [0, 0.05) is 42.2 Å². The van der Waals surface area contributed by atoms with Crippen LogP contribution in [0.1, 0.15) is 47.2 Å². The molecule has 4 heteroatoms. The van der Waals surface area contributed by atoms with E-state index >= 15 is 4.39 Å². The van der Waals surface area contributed by atoms with Gasteiger partial charge in [-0.1, -0.05) is 104 Å². The van der Waals surface area contributed by atoms with Crippen LogP contribution in [0.15, 0.2) is 136 Å². The minimum atomic E-state index is -0.903. The molecule has 1 unspecified atom stereocenters. The van der Waals surface area contributed by atoms with Gasteiger partial charge < -0.3 is 4.74 Å². The van der Waals surface area contributed by atoms with E-state index in [2.05, 4.69) is 130 Å². The maximum absolute atomic E-state index is 15.1. The fourth-order valence-corrected chi connectivity index (χ4v) is 8.53. The lowest BCUT2D eigenvalue weighted by Crippen LogP contribution is -2.35. The zero-order valence-corrected chi connectivity index (χ0v) is 27.9. The summed E-state index contributed by atoms with van der Waals surface area (Å²) in [6.45, 7) is 6.74. The van der Waals surface area contributed by atoms with Crippen molar-refractivity contribution in [3.8, 4) is 16.9 Å². The highest BCUT2D eigenvalue weighted by Gasteiger charge is 2.44. The predicted octanol–water partition coefficient (Wildman–Crippen LogP) is 11.8. The molecule has 6 aromatic carbocycles. The van der Waals surface area contributed by atoms with Crippen molar-refractivity contribution >= 4 is 40.4 Å². The number of thioether (sulfide) groups is 1. The van der Waals surface area contributed by atoms with E-state index in [-0.39, 0.29) is 11.2 Å². The molecule has 1 heterocycles. The molecule has 0 saturated carbocycles. The minimum absolute atomic E-state index is 0.257. The molecule has 1 atom stereocenters. The summed E-state index contributed by atoms with van der Waals surface area (Å²) in [5, 5.41) is 1.81. The third-order valence-electron chi connectivity index (χ3n) is 9.53. The van der Waals surface area contributed by atoms with Crippen LogP contribution in [-0.2, 0) is 11.0 Å². The molecule has 46 heavy (non-hydrogen) atoms. The molecular weight excluding hydrogens is 604 g/mol. The van der Waals surface area contributed by atoms with Gasteiger partial charge in [0.15, 0.2) is 5.60 Å². The summed E-state index contributed by atoms with van der Waals surface area (Å²) in [5.74, 6) is 0.455. The van der Waals surface area contributed by atoms with Crippen molar-refractivity contribution in [3.63, 3.8) is 0 Å². The molecule has 226 valence electrons. The molecule has 0 aromatic heterocycles. The second kappa shape index (κ2) is 10.9. The van der Waals surface area contributed by atoms with Gasteiger partial charge in [-0.3, -0.25) is 0 Å². The van der Waals surface area contributed by atoms with Gasteiger partial charge in [0.25, 0.3) is 0 Å². The summed E-state index contributed by atoms with van der Waals surface area (Å²) in [5.41, 5.74) is 8.08. The van der Waals surface area contributed by atoms with Gasteiger partial charge in [-0.25, -0.2) is 4.39 Å². The lowest BCUT2D eigenvalue weighted by Gasteiger charge is -2.38. The van der Waals surface area contributed by atoms with Crippen molar-refractivity contribution in [1.82, 2.24) is 0 Å². The number of ether oxygens (including phenoxy) is 1. The first kappa shape index (κ1) is 29.2. The molecule has 1 aliphatic heterocycles. The lowest BCUT2D eigenvalue weighted by molar-refractivity contribution is 0.163. The number of aryl methyl sites for hydroxylation is 1. The standard InChI is InChI=1S/C42H33FOS2/c1-26-10-20-34-37(24-26)41(2,3)39-35-22-23-42(27-11-16-30(45-4)17-12-27,44-40(35)36-25-29(43)15-21-33(36)38(34)39)28-13-18-32(19-14-28)46-31-8-6-5-7-9-31/h5-25H,1-4H3. The quantitative estimate of drug-likeness (QED) is 0.174. The third kappa shape index (κ3) is 4.53. The Morgan fingerprint density at radius 1 is 0.696 bits per heavy atom. The van der Waals surface area contributed by atoms with Crippen LogP contribution in [0.5, 0.6) is 5.75 Å². The monoisotopic (exact) mass is 636 g/mol. The first-order valence-electron chi connectivity index (χ1n) is 15.6. The topological polar surface area (TPSA) is 9.23 Å². The Morgan fingerprint density at radius 3 is 2.07 bits per heavy atom. The molecule has 1 aliphatic carbocycles. The van der Waals surface area contributed by atoms with Gasteiger partial charge in [-0.2, -0.15) is 0 Å². The Labute approximate surface area is 278 Å². The van der Waals surface area contributed by atoms with Crippen LogP contribution < -0.4 is 4.74 Å². The van der Waals surface area contributed by atoms with E-state index < -0.39 is 5.60 Å². The van der Waals surface area contributed by atoms with Crippen LogP contribution in [-0.4, -0.2) is 6.26 Å². The van der Waals surface area contributed by atoms with E-state index in [1.54, 1.807) is 35.7 Å². The SMILES string of the molecule is CSc1ccc(C2(c3ccc(Sc4ccccc4)cc3)C=Cc3c4c(c5ccc(F)cc5c3O2)-c2ccc(C)cc2C4(C)C)cc1. The highest BCUT2D eigenvalue weighted by atomic mass is 32.2. The molecule has 0 radical (unpaired) electrons. The Bertz CT molecular complexity index is 2170. The molecule has 2 aliphatic rings. The fraction of sp³-hybridized carbons (Fsp3) is 0.143. The van der Waals surface area contributed by atoms with Crippen molar-refractivity contribution in [2.75, 3.05) is 6.26 Å². The van der Waals surface area contributed by atoms with Crippen molar-refractivity contribution in [2.45, 2.75) is 46.5 Å². The zero-order chi connectivity index (χ0) is 31.6. The maximum Gasteiger partial charge on any atom is 0.178 e. The Morgan fingerprint density at radius 2 is 1.37 bits per heavy atom. The summed E-state index contributed by atoms with van der Waals surface area (Å²) in [6.07, 6.45) is 6.53. The summed E-state index contributed by atoms with van der Waals surface area (Å²) >= 11 is 3.46. The number of hydrogen-bond donors (Lipinski definition) is 0. The van der Waals surface area contributed by atoms with E-state index in [1.807, 2.05) is 12.1 Å². The lowest BCUT2D eigenvalue weighted by atomic mass is 9.76. The van der Waals surface area contributed by atoms with Crippen molar-refractivity contribution < 1.29 is 9.13 Å². The van der Waals surface area contributed by atoms with Gasteiger partial charge in [0.05, 0.1) is 0 Å². The van der Waals surface area contributed by atoms with Crippen LogP contribution >= 0.6 is 23.5 Å². The summed E-state index contributed by atoms with van der Waals surface area (Å²) in [6, 6.07) is 39.6. The van der Waals surface area contributed by atoms with Crippen LogP contribution in [0, 0.1) is 12.7 Å². The van der Waals surface area contributed by atoms with Gasteiger partial charge in [0.2, 0.25) is 0 Å². The normalized spacial score (nSPS) is 17.3. The number of hydrogen-bond acceptors (Lipinski definition) is 3. The second-order valence-electron chi connectivity index (χ2n) is 12.7. The van der Waals surface area contributed by atoms with E-state index in [0.29, 0.717) is 0 Å². The summed E-state index contributed by atoms with van der Waals surface area (Å²) < 4.78 is 22.5. The summed E-state index contributed by atoms with van der Waals surface area (Å²) in [7, 11) is 0. The third-order valence-corrected chi connectivity index (χ3v) is 11.3. The highest BCUT2D eigenvalue weighted by molar-refractivity contribution is 7.99. The molecule has 0 amide bonds. The number of benzene rings is 6. The molecule has 6 aromatic rings. The Balaban J connectivity index is 1.35. The number of rotatable bonds is 5. The first-order chi connectivity index (χ1) is 22.3. The molecule has 8 rings (SSSR count). The maximum atomic E-state index is 15.1.